The Hall–Kier alpha value is -1.94. The van der Waals surface area contributed by atoms with Crippen LogP contribution in [0.15, 0.2) is 0 Å². The van der Waals surface area contributed by atoms with E-state index in [1.165, 1.54) is 141 Å². The van der Waals surface area contributed by atoms with Crippen LogP contribution in [0.3, 0.4) is 0 Å². The van der Waals surface area contributed by atoms with Gasteiger partial charge in [-0.25, -0.2) is 9.13 Å². The predicted molar refractivity (Wildman–Crippen MR) is 363 cm³/mol. The van der Waals surface area contributed by atoms with Gasteiger partial charge in [0.25, 0.3) is 0 Å². The third-order valence-electron chi connectivity index (χ3n) is 16.3. The van der Waals surface area contributed by atoms with Crippen LogP contribution in [0.2, 0.25) is 0 Å². The number of hydrogen-bond donors (Lipinski definition) is 3. The van der Waals surface area contributed by atoms with Crippen molar-refractivity contribution in [1.82, 2.24) is 0 Å². The van der Waals surface area contributed by atoms with Gasteiger partial charge < -0.3 is 33.8 Å². The Morgan fingerprint density at radius 2 is 0.467 bits per heavy atom. The van der Waals surface area contributed by atoms with Crippen LogP contribution in [0.25, 0.3) is 0 Å². The lowest BCUT2D eigenvalue weighted by atomic mass is 10.0. The van der Waals surface area contributed by atoms with Crippen LogP contribution in [0, 0.1) is 23.7 Å². The monoisotopic (exact) mass is 1320 g/mol. The van der Waals surface area contributed by atoms with Gasteiger partial charge in [-0.2, -0.15) is 0 Å². The Bertz CT molecular complexity index is 1780. The quantitative estimate of drug-likeness (QED) is 0.0222. The average molecular weight is 1330 g/mol. The van der Waals surface area contributed by atoms with Crippen molar-refractivity contribution in [3.05, 3.63) is 0 Å². The van der Waals surface area contributed by atoms with Crippen molar-refractivity contribution < 1.29 is 80.2 Å². The summed E-state index contributed by atoms with van der Waals surface area (Å²) in [6, 6.07) is 0. The van der Waals surface area contributed by atoms with Crippen LogP contribution in [0.5, 0.6) is 0 Å². The Balaban J connectivity index is 5.19. The molecule has 3 N–H and O–H groups in total. The van der Waals surface area contributed by atoms with E-state index in [2.05, 4.69) is 55.4 Å². The number of carbonyl (C=O) groups is 4. The molecule has 17 nitrogen and oxygen atoms in total. The maximum absolute atomic E-state index is 13.0. The van der Waals surface area contributed by atoms with Crippen molar-refractivity contribution in [3.8, 4) is 0 Å². The van der Waals surface area contributed by atoms with Gasteiger partial charge in [-0.15, -0.1) is 0 Å². The molecule has 5 atom stereocenters. The fraction of sp³-hybridized carbons (Fsp3) is 0.944. The summed E-state index contributed by atoms with van der Waals surface area (Å²) in [5.41, 5.74) is 0. The van der Waals surface area contributed by atoms with Crippen LogP contribution in [-0.2, 0) is 65.4 Å². The lowest BCUT2D eigenvalue weighted by Gasteiger charge is -2.21. The van der Waals surface area contributed by atoms with Gasteiger partial charge in [0.2, 0.25) is 0 Å². The molecular weight excluding hydrogens is 1190 g/mol. The van der Waals surface area contributed by atoms with Crippen molar-refractivity contribution in [2.24, 2.45) is 23.7 Å². The molecule has 0 aliphatic heterocycles. The number of aliphatic hydroxyl groups is 1. The van der Waals surface area contributed by atoms with Gasteiger partial charge in [-0.05, 0) is 49.4 Å². The van der Waals surface area contributed by atoms with E-state index in [0.29, 0.717) is 37.5 Å². The summed E-state index contributed by atoms with van der Waals surface area (Å²) < 4.78 is 68.2. The zero-order chi connectivity index (χ0) is 66.8. The van der Waals surface area contributed by atoms with E-state index in [0.717, 1.165) is 115 Å². The molecule has 0 aromatic rings. The molecule has 0 bridgehead atoms. The Morgan fingerprint density at radius 1 is 0.278 bits per heavy atom. The molecule has 0 aromatic carbocycles. The van der Waals surface area contributed by atoms with Gasteiger partial charge in [0.1, 0.15) is 19.3 Å². The van der Waals surface area contributed by atoms with Gasteiger partial charge in [-0.3, -0.25) is 37.3 Å². The smallest absolute Gasteiger partial charge is 0.462 e. The summed E-state index contributed by atoms with van der Waals surface area (Å²) in [4.78, 5) is 72.5. The first-order chi connectivity index (χ1) is 43.1. The second kappa shape index (κ2) is 60.7. The molecule has 534 valence electrons. The van der Waals surface area contributed by atoms with Crippen molar-refractivity contribution in [2.45, 2.75) is 369 Å². The number of unbranched alkanes of at least 4 members (excludes halogenated alkanes) is 34. The summed E-state index contributed by atoms with van der Waals surface area (Å²) in [5, 5.41) is 10.6. The van der Waals surface area contributed by atoms with Gasteiger partial charge >= 0.3 is 39.5 Å². The second-order valence-electron chi connectivity index (χ2n) is 27.5. The number of rotatable bonds is 68. The van der Waals surface area contributed by atoms with E-state index >= 15 is 0 Å². The molecule has 0 saturated carbocycles. The first-order valence-corrected chi connectivity index (χ1v) is 39.7. The van der Waals surface area contributed by atoms with Crippen LogP contribution in [0.1, 0.15) is 351 Å². The summed E-state index contributed by atoms with van der Waals surface area (Å²) >= 11 is 0. The van der Waals surface area contributed by atoms with Crippen LogP contribution in [-0.4, -0.2) is 96.7 Å². The first-order valence-electron chi connectivity index (χ1n) is 36.7. The largest absolute Gasteiger partial charge is 0.472 e. The van der Waals surface area contributed by atoms with Crippen molar-refractivity contribution >= 4 is 39.5 Å². The maximum Gasteiger partial charge on any atom is 0.472 e. The molecule has 0 aromatic heterocycles. The molecule has 90 heavy (non-hydrogen) atoms. The van der Waals surface area contributed by atoms with Crippen molar-refractivity contribution in [1.29, 1.82) is 0 Å². The van der Waals surface area contributed by atoms with E-state index in [9.17, 15) is 43.2 Å². The Kier molecular flexibility index (Phi) is 59.4. The number of phosphoric acid groups is 2. The number of ether oxygens (including phenoxy) is 4. The fourth-order valence-corrected chi connectivity index (χ4v) is 12.2. The number of phosphoric ester groups is 2. The maximum atomic E-state index is 13.0. The summed E-state index contributed by atoms with van der Waals surface area (Å²) in [7, 11) is -9.90. The molecule has 2 unspecified atom stereocenters. The molecule has 0 spiro atoms. The van der Waals surface area contributed by atoms with E-state index in [1.807, 2.05) is 0 Å². The highest BCUT2D eigenvalue weighted by Gasteiger charge is 2.30. The topological polar surface area (TPSA) is 237 Å². The molecule has 0 aliphatic rings. The fourth-order valence-electron chi connectivity index (χ4n) is 10.7. The minimum absolute atomic E-state index is 0.105. The number of carbonyl (C=O) groups excluding carboxylic acids is 4. The highest BCUT2D eigenvalue weighted by Crippen LogP contribution is 2.45. The van der Waals surface area contributed by atoms with E-state index in [-0.39, 0.29) is 25.7 Å². The van der Waals surface area contributed by atoms with Gasteiger partial charge in [0.15, 0.2) is 12.2 Å². The third-order valence-corrected chi connectivity index (χ3v) is 18.2. The molecular formula is C71H138O17P2. The molecule has 19 heteroatoms. The highest BCUT2D eigenvalue weighted by atomic mass is 31.2. The standard InChI is InChI=1S/C71H138O17P2/c1-61(2)47-39-31-23-19-15-12-10-9-11-13-17-21-25-37-45-53-70(75)87-66(57-81-68(73)51-43-35-29-27-33-41-49-63(5)6)59-85-89(77,78)83-55-65(72)56-84-90(79,80)86-60-67(58-82-69(74)52-44-36-30-28-34-42-50-64(7)8)88-71(76)54-46-38-26-22-18-14-16-20-24-32-40-48-62(3)4/h61-67,72H,9-60H2,1-8H3,(H,77,78)(H,79,80)/t65-,66-,67-/m1/s1. The van der Waals surface area contributed by atoms with Crippen LogP contribution < -0.4 is 0 Å². The summed E-state index contributed by atoms with van der Waals surface area (Å²) in [6.45, 7) is 14.0. The van der Waals surface area contributed by atoms with Crippen molar-refractivity contribution in [2.75, 3.05) is 39.6 Å². The third kappa shape index (κ3) is 64.8. The molecule has 0 amide bonds. The highest BCUT2D eigenvalue weighted by molar-refractivity contribution is 7.47. The molecule has 0 aliphatic carbocycles. The average Bonchev–Trinajstić information content (AvgIpc) is 3.06. The van der Waals surface area contributed by atoms with Crippen LogP contribution >= 0.6 is 15.6 Å². The summed E-state index contributed by atoms with van der Waals surface area (Å²) in [5.74, 6) is 0.795. The Labute approximate surface area is 549 Å². The first kappa shape index (κ1) is 88.1. The normalized spacial score (nSPS) is 14.3. The molecule has 0 saturated heterocycles. The number of hydrogen-bond acceptors (Lipinski definition) is 15. The minimum atomic E-state index is -4.95. The molecule has 0 fully saturated rings. The number of esters is 4. The van der Waals surface area contributed by atoms with Gasteiger partial charge in [0.05, 0.1) is 26.4 Å². The molecule has 0 heterocycles. The van der Waals surface area contributed by atoms with Gasteiger partial charge in [-0.1, -0.05) is 299 Å². The number of aliphatic hydroxyl groups excluding tert-OH is 1. The molecule has 0 rings (SSSR count). The zero-order valence-electron chi connectivity index (χ0n) is 58.8. The zero-order valence-corrected chi connectivity index (χ0v) is 60.6. The SMILES string of the molecule is CC(C)CCCCCCCCCCCCCCCCCC(=O)O[C@H](COC(=O)CCCCCCCCC(C)C)COP(=O)(O)OC[C@@H](O)COP(=O)(O)OC[C@@H](COC(=O)CCCCCCCCC(C)C)OC(=O)CCCCCCCCCCCCCC(C)C. The van der Waals surface area contributed by atoms with E-state index < -0.39 is 97.5 Å². The lowest BCUT2D eigenvalue weighted by Crippen LogP contribution is -2.30. The van der Waals surface area contributed by atoms with Crippen molar-refractivity contribution in [3.63, 3.8) is 0 Å². The summed E-state index contributed by atoms with van der Waals surface area (Å²) in [6.07, 6.45) is 43.4. The van der Waals surface area contributed by atoms with Crippen LogP contribution in [0.4, 0.5) is 0 Å². The predicted octanol–water partition coefficient (Wildman–Crippen LogP) is 20.1. The lowest BCUT2D eigenvalue weighted by molar-refractivity contribution is -0.161. The van der Waals surface area contributed by atoms with Gasteiger partial charge in [0, 0.05) is 25.7 Å². The second-order valence-corrected chi connectivity index (χ2v) is 30.4. The van der Waals surface area contributed by atoms with E-state index in [1.54, 1.807) is 0 Å². The van der Waals surface area contributed by atoms with E-state index in [4.69, 9.17) is 37.0 Å². The Morgan fingerprint density at radius 3 is 0.689 bits per heavy atom. The minimum Gasteiger partial charge on any atom is -0.462 e. The molecule has 0 radical (unpaired) electrons.